The number of nitrogens with one attached hydrogen (secondary N) is 1. The summed E-state index contributed by atoms with van der Waals surface area (Å²) in [6.07, 6.45) is 4.02. The fraction of sp³-hybridized carbons (Fsp3) is 0.294. The predicted molar refractivity (Wildman–Crippen MR) is 99.9 cm³/mol. The monoisotopic (exact) mass is 334 g/mol. The number of aliphatic hydroxyl groups excluding tert-OH is 1. The average molecular weight is 335 g/mol. The first-order valence-corrected chi connectivity index (χ1v) is 8.58. The molecule has 3 nitrogen and oxygen atoms in total. The van der Waals surface area contributed by atoms with Crippen molar-refractivity contribution in [3.05, 3.63) is 46.0 Å². The first-order valence-electron chi connectivity index (χ1n) is 6.95. The second-order valence-electron chi connectivity index (χ2n) is 4.75. The lowest BCUT2D eigenvalue weighted by Gasteiger charge is -2.04. The summed E-state index contributed by atoms with van der Waals surface area (Å²) < 4.78 is 0.839. The van der Waals surface area contributed by atoms with Gasteiger partial charge in [0, 0.05) is 16.7 Å². The van der Waals surface area contributed by atoms with Gasteiger partial charge in [0.15, 0.2) is 4.34 Å². The highest BCUT2D eigenvalue weighted by Gasteiger charge is 2.16. The number of hydrogen-bond acceptors (Lipinski definition) is 5. The Morgan fingerprint density at radius 2 is 2.05 bits per heavy atom. The van der Waals surface area contributed by atoms with Crippen molar-refractivity contribution in [2.45, 2.75) is 38.5 Å². The highest BCUT2D eigenvalue weighted by molar-refractivity contribution is 8.04. The van der Waals surface area contributed by atoms with E-state index in [-0.39, 0.29) is 5.76 Å². The van der Waals surface area contributed by atoms with E-state index in [0.29, 0.717) is 10.5 Å². The molecule has 0 amide bonds. The number of allylic oxidation sites excluding steroid dienone is 5. The second kappa shape index (κ2) is 8.15. The minimum Gasteiger partial charge on any atom is -0.512 e. The molecular formula is C17H22N2OS2. The molecule has 22 heavy (non-hydrogen) atoms. The molecule has 5 heteroatoms. The summed E-state index contributed by atoms with van der Waals surface area (Å²) in [6.45, 7) is 15.7. The molecule has 0 aliphatic carbocycles. The third kappa shape index (κ3) is 4.21. The van der Waals surface area contributed by atoms with Gasteiger partial charge in [-0.25, -0.2) is 4.98 Å². The van der Waals surface area contributed by atoms with E-state index in [1.807, 2.05) is 6.92 Å². The number of nitrogens with zero attached hydrogens (tertiary/aromatic N) is 1. The molecule has 0 fully saturated rings. The van der Waals surface area contributed by atoms with Gasteiger partial charge >= 0.3 is 0 Å². The number of aliphatic hydroxyl groups is 1. The Labute approximate surface area is 140 Å². The third-order valence-corrected chi connectivity index (χ3v) is 5.42. The summed E-state index contributed by atoms with van der Waals surface area (Å²) in [5.74, 6) is 0.0899. The van der Waals surface area contributed by atoms with Crippen molar-refractivity contribution < 1.29 is 5.11 Å². The first kappa shape index (κ1) is 18.5. The van der Waals surface area contributed by atoms with Crippen molar-refractivity contribution in [3.8, 4) is 0 Å². The van der Waals surface area contributed by atoms with Gasteiger partial charge < -0.3 is 10.5 Å². The number of rotatable bonds is 7. The van der Waals surface area contributed by atoms with Crippen LogP contribution in [0.25, 0.3) is 11.1 Å². The topological polar surface area (TPSA) is 57.0 Å². The highest BCUT2D eigenvalue weighted by atomic mass is 32.2. The van der Waals surface area contributed by atoms with E-state index in [1.54, 1.807) is 18.3 Å². The molecule has 1 aromatic rings. The fourth-order valence-electron chi connectivity index (χ4n) is 1.70. The molecule has 0 aliphatic rings. The molecule has 118 valence electrons. The summed E-state index contributed by atoms with van der Waals surface area (Å²) in [7, 11) is 0. The Morgan fingerprint density at radius 3 is 2.50 bits per heavy atom. The van der Waals surface area contributed by atoms with Crippen LogP contribution in [0.4, 0.5) is 0 Å². The summed E-state index contributed by atoms with van der Waals surface area (Å²) in [5.41, 5.74) is 3.53. The molecule has 0 saturated carbocycles. The van der Waals surface area contributed by atoms with Gasteiger partial charge in [-0.2, -0.15) is 0 Å². The number of hydrogen-bond donors (Lipinski definition) is 2. The van der Waals surface area contributed by atoms with Crippen LogP contribution < -0.4 is 0 Å². The molecular weight excluding hydrogens is 312 g/mol. The summed E-state index contributed by atoms with van der Waals surface area (Å²) in [5, 5.41) is 17.0. The minimum absolute atomic E-state index is 0.0899. The smallest absolute Gasteiger partial charge is 0.155 e. The lowest BCUT2D eigenvalue weighted by molar-refractivity contribution is 0.412. The van der Waals surface area contributed by atoms with E-state index >= 15 is 0 Å². The average Bonchev–Trinajstić information content (AvgIpc) is 2.89. The molecule has 0 aliphatic heterocycles. The van der Waals surface area contributed by atoms with E-state index < -0.39 is 0 Å². The van der Waals surface area contributed by atoms with Crippen LogP contribution in [-0.4, -0.2) is 16.3 Å². The molecule has 0 spiro atoms. The lowest BCUT2D eigenvalue weighted by atomic mass is 10.1. The standard InChI is InChI=1S/C17H22N2OS2/c1-7-10(3)15-16(11(4)8-2)22-17(19-15)21-13(6)14(9-18)12(5)20/h8-9,18,20H,3,6-7H2,1-2,4-5H3/b11-8-,14-12+,18-9?. The number of thiazole rings is 1. The molecule has 0 saturated heterocycles. The van der Waals surface area contributed by atoms with Crippen molar-refractivity contribution in [3.63, 3.8) is 0 Å². The largest absolute Gasteiger partial charge is 0.512 e. The Hall–Kier alpha value is -1.59. The van der Waals surface area contributed by atoms with E-state index in [9.17, 15) is 5.11 Å². The van der Waals surface area contributed by atoms with Crippen LogP contribution in [0.5, 0.6) is 0 Å². The molecule has 1 aromatic heterocycles. The summed E-state index contributed by atoms with van der Waals surface area (Å²) in [4.78, 5) is 6.40. The van der Waals surface area contributed by atoms with Crippen molar-refractivity contribution >= 4 is 40.5 Å². The van der Waals surface area contributed by atoms with Crippen LogP contribution >= 0.6 is 23.1 Å². The summed E-state index contributed by atoms with van der Waals surface area (Å²) >= 11 is 2.96. The maximum Gasteiger partial charge on any atom is 0.155 e. The Bertz CT molecular complexity index is 662. The van der Waals surface area contributed by atoms with Crippen LogP contribution in [-0.2, 0) is 0 Å². The Balaban J connectivity index is 3.20. The van der Waals surface area contributed by atoms with Crippen molar-refractivity contribution in [2.24, 2.45) is 0 Å². The molecule has 0 atom stereocenters. The lowest BCUT2D eigenvalue weighted by Crippen LogP contribution is -1.91. The van der Waals surface area contributed by atoms with Crippen LogP contribution in [0, 0.1) is 5.41 Å². The molecule has 1 heterocycles. The predicted octanol–water partition coefficient (Wildman–Crippen LogP) is 6.08. The third-order valence-electron chi connectivity index (χ3n) is 3.21. The fourth-order valence-corrected chi connectivity index (χ4v) is 3.96. The molecule has 2 N–H and O–H groups in total. The van der Waals surface area contributed by atoms with Gasteiger partial charge in [-0.3, -0.25) is 0 Å². The van der Waals surface area contributed by atoms with Crippen molar-refractivity contribution in [1.29, 1.82) is 5.41 Å². The van der Waals surface area contributed by atoms with Gasteiger partial charge in [-0.1, -0.05) is 37.9 Å². The van der Waals surface area contributed by atoms with Gasteiger partial charge in [0.1, 0.15) is 0 Å². The zero-order chi connectivity index (χ0) is 16.9. The van der Waals surface area contributed by atoms with Crippen LogP contribution in [0.15, 0.2) is 39.8 Å². The van der Waals surface area contributed by atoms with E-state index in [0.717, 1.165) is 33.1 Å². The van der Waals surface area contributed by atoms with Crippen molar-refractivity contribution in [1.82, 2.24) is 4.98 Å². The quantitative estimate of drug-likeness (QED) is 0.275. The molecule has 0 bridgehead atoms. The Kier molecular flexibility index (Phi) is 6.84. The zero-order valence-electron chi connectivity index (χ0n) is 13.5. The highest BCUT2D eigenvalue weighted by Crippen LogP contribution is 2.39. The van der Waals surface area contributed by atoms with Gasteiger partial charge in [-0.05, 0) is 38.3 Å². The SMILES string of the molecule is C=C(Sc1nc(C(=C)CC)c(/C(C)=C\C)s1)/C(C=N)=C(\C)O. The maximum atomic E-state index is 9.59. The maximum absolute atomic E-state index is 9.59. The van der Waals surface area contributed by atoms with Crippen LogP contribution in [0.1, 0.15) is 44.7 Å². The van der Waals surface area contributed by atoms with E-state index in [4.69, 9.17) is 5.41 Å². The minimum atomic E-state index is 0.0899. The van der Waals surface area contributed by atoms with Gasteiger partial charge in [0.2, 0.25) is 0 Å². The number of aromatic nitrogens is 1. The zero-order valence-corrected chi connectivity index (χ0v) is 15.1. The van der Waals surface area contributed by atoms with Crippen molar-refractivity contribution in [2.75, 3.05) is 0 Å². The normalized spacial score (nSPS) is 12.8. The Morgan fingerprint density at radius 1 is 1.41 bits per heavy atom. The van der Waals surface area contributed by atoms with Crippen LogP contribution in [0.3, 0.4) is 0 Å². The second-order valence-corrected chi connectivity index (χ2v) is 7.10. The van der Waals surface area contributed by atoms with Crippen LogP contribution in [0.2, 0.25) is 0 Å². The van der Waals surface area contributed by atoms with E-state index in [2.05, 4.69) is 38.1 Å². The molecule has 0 unspecified atom stereocenters. The van der Waals surface area contributed by atoms with E-state index in [1.165, 1.54) is 17.3 Å². The molecule has 1 rings (SSSR count). The molecule has 0 radical (unpaired) electrons. The molecule has 0 aromatic carbocycles. The summed E-state index contributed by atoms with van der Waals surface area (Å²) in [6, 6.07) is 0. The number of thioether (sulfide) groups is 1. The van der Waals surface area contributed by atoms with Gasteiger partial charge in [0.25, 0.3) is 0 Å². The van der Waals surface area contributed by atoms with Gasteiger partial charge in [-0.15, -0.1) is 11.3 Å². The van der Waals surface area contributed by atoms with Gasteiger partial charge in [0.05, 0.1) is 16.3 Å². The first-order chi connectivity index (χ1) is 10.3.